The fourth-order valence-corrected chi connectivity index (χ4v) is 2.24. The van der Waals surface area contributed by atoms with Crippen LogP contribution in [0, 0.1) is 17.0 Å². The Morgan fingerprint density at radius 1 is 1.42 bits per heavy atom. The van der Waals surface area contributed by atoms with Gasteiger partial charge in [0.25, 0.3) is 0 Å². The predicted molar refractivity (Wildman–Crippen MR) is 74.5 cm³/mol. The molecule has 7 nitrogen and oxygen atoms in total. The normalized spacial score (nSPS) is 14.2. The van der Waals surface area contributed by atoms with Gasteiger partial charge in [-0.15, -0.1) is 0 Å². The van der Waals surface area contributed by atoms with Gasteiger partial charge in [0.05, 0.1) is 18.5 Å². The number of alkyl halides is 3. The number of hydrogen-bond acceptors (Lipinski definition) is 6. The van der Waals surface area contributed by atoms with Gasteiger partial charge in [-0.25, -0.2) is 0 Å². The quantitative estimate of drug-likeness (QED) is 0.660. The summed E-state index contributed by atoms with van der Waals surface area (Å²) in [5.41, 5.74) is -4.80. The minimum atomic E-state index is -5.12. The molecule has 1 aromatic carbocycles. The highest BCUT2D eigenvalue weighted by Crippen LogP contribution is 2.43. The van der Waals surface area contributed by atoms with E-state index in [-0.39, 0.29) is 11.4 Å². The summed E-state index contributed by atoms with van der Waals surface area (Å²) >= 11 is 0. The van der Waals surface area contributed by atoms with E-state index in [1.54, 1.807) is 0 Å². The molecule has 24 heavy (non-hydrogen) atoms. The number of methoxy groups -OCH3 is 1. The van der Waals surface area contributed by atoms with E-state index in [4.69, 9.17) is 4.74 Å². The molecule has 0 aliphatic rings. The molecule has 0 saturated carbocycles. The van der Waals surface area contributed by atoms with Crippen molar-refractivity contribution < 1.29 is 32.5 Å². The fourth-order valence-electron chi connectivity index (χ4n) is 2.24. The van der Waals surface area contributed by atoms with Gasteiger partial charge >= 0.3 is 11.9 Å². The lowest BCUT2D eigenvalue weighted by Crippen LogP contribution is -2.44. The number of rotatable bonds is 5. The number of halogens is 3. The van der Waals surface area contributed by atoms with Crippen molar-refractivity contribution in [2.45, 2.75) is 25.1 Å². The summed E-state index contributed by atoms with van der Waals surface area (Å²) in [4.78, 5) is 10.1. The van der Waals surface area contributed by atoms with Crippen molar-refractivity contribution in [3.05, 3.63) is 51.4 Å². The number of aromatic nitrogens is 1. The number of benzene rings is 1. The van der Waals surface area contributed by atoms with Crippen LogP contribution in [-0.4, -0.2) is 28.5 Å². The molecule has 130 valence electrons. The molecular formula is C14H13F3N2O5. The zero-order chi connectivity index (χ0) is 18.1. The Bertz CT molecular complexity index is 759. The Morgan fingerprint density at radius 3 is 2.62 bits per heavy atom. The molecule has 0 aliphatic heterocycles. The number of nitro groups is 1. The Morgan fingerprint density at radius 2 is 2.08 bits per heavy atom. The van der Waals surface area contributed by atoms with E-state index in [2.05, 4.69) is 9.68 Å². The molecule has 0 bridgehead atoms. The Hall–Kier alpha value is -2.62. The van der Waals surface area contributed by atoms with Crippen molar-refractivity contribution >= 4 is 5.69 Å². The topological polar surface area (TPSA) is 98.6 Å². The minimum absolute atomic E-state index is 0.0958. The third-order valence-electron chi connectivity index (χ3n) is 3.51. The van der Waals surface area contributed by atoms with Crippen LogP contribution in [0.25, 0.3) is 0 Å². The molecule has 0 spiro atoms. The van der Waals surface area contributed by atoms with Crippen molar-refractivity contribution in [3.8, 4) is 5.75 Å². The van der Waals surface area contributed by atoms with Crippen molar-refractivity contribution in [2.75, 3.05) is 7.11 Å². The second kappa shape index (κ2) is 6.11. The molecule has 1 atom stereocenters. The molecule has 0 saturated heterocycles. The third kappa shape index (κ3) is 3.04. The zero-order valence-electron chi connectivity index (χ0n) is 12.6. The molecule has 0 amide bonds. The monoisotopic (exact) mass is 346 g/mol. The van der Waals surface area contributed by atoms with E-state index in [0.717, 1.165) is 12.1 Å². The van der Waals surface area contributed by atoms with Crippen LogP contribution in [0.5, 0.6) is 5.75 Å². The van der Waals surface area contributed by atoms with Gasteiger partial charge in [0, 0.05) is 0 Å². The summed E-state index contributed by atoms with van der Waals surface area (Å²) in [5, 5.41) is 24.6. The third-order valence-corrected chi connectivity index (χ3v) is 3.51. The molecule has 2 aromatic rings. The van der Waals surface area contributed by atoms with Gasteiger partial charge in [-0.1, -0.05) is 17.3 Å². The number of ether oxygens (including phenoxy) is 1. The average molecular weight is 346 g/mol. The van der Waals surface area contributed by atoms with Crippen molar-refractivity contribution in [1.82, 2.24) is 5.16 Å². The Kier molecular flexibility index (Phi) is 4.52. The first-order valence-corrected chi connectivity index (χ1v) is 6.63. The molecule has 0 fully saturated rings. The Labute approximate surface area is 133 Å². The second-order valence-electron chi connectivity index (χ2n) is 5.06. The van der Waals surface area contributed by atoms with Crippen LogP contribution in [0.3, 0.4) is 0 Å². The maximum absolute atomic E-state index is 13.5. The molecule has 2 rings (SSSR count). The first-order valence-electron chi connectivity index (χ1n) is 6.63. The summed E-state index contributed by atoms with van der Waals surface area (Å²) in [7, 11) is 1.26. The van der Waals surface area contributed by atoms with Gasteiger partial charge in [0.1, 0.15) is 5.75 Å². The summed E-state index contributed by atoms with van der Waals surface area (Å²) < 4.78 is 50.1. The van der Waals surface area contributed by atoms with E-state index >= 15 is 0 Å². The van der Waals surface area contributed by atoms with Crippen molar-refractivity contribution in [3.63, 3.8) is 0 Å². The standard InChI is InChI=1S/C14H13F3N2O5/c1-8-12(19(21)22)11(24-18-8)7-13(20,14(15,16)17)9-4-3-5-10(6-9)23-2/h3-6,20H,7H2,1-2H3. The van der Waals surface area contributed by atoms with E-state index in [0.29, 0.717) is 0 Å². The van der Waals surface area contributed by atoms with Crippen LogP contribution >= 0.6 is 0 Å². The van der Waals surface area contributed by atoms with Crippen LogP contribution in [-0.2, 0) is 12.0 Å². The first-order chi connectivity index (χ1) is 11.1. The van der Waals surface area contributed by atoms with Crippen LogP contribution in [0.2, 0.25) is 0 Å². The van der Waals surface area contributed by atoms with E-state index in [1.165, 1.54) is 26.2 Å². The highest BCUT2D eigenvalue weighted by molar-refractivity contribution is 5.41. The number of aliphatic hydroxyl groups is 1. The molecule has 0 radical (unpaired) electrons. The molecule has 1 aromatic heterocycles. The minimum Gasteiger partial charge on any atom is -0.497 e. The Balaban J connectivity index is 2.56. The smallest absolute Gasteiger partial charge is 0.421 e. The van der Waals surface area contributed by atoms with Gasteiger partial charge in [-0.05, 0) is 24.6 Å². The van der Waals surface area contributed by atoms with E-state index in [9.17, 15) is 28.4 Å². The van der Waals surface area contributed by atoms with Crippen LogP contribution < -0.4 is 4.74 Å². The van der Waals surface area contributed by atoms with Crippen LogP contribution in [0.15, 0.2) is 28.8 Å². The zero-order valence-corrected chi connectivity index (χ0v) is 12.6. The largest absolute Gasteiger partial charge is 0.497 e. The lowest BCUT2D eigenvalue weighted by molar-refractivity contribution is -0.387. The molecular weight excluding hydrogens is 333 g/mol. The van der Waals surface area contributed by atoms with E-state index < -0.39 is 40.1 Å². The maximum atomic E-state index is 13.5. The van der Waals surface area contributed by atoms with Gasteiger partial charge in [0.2, 0.25) is 5.76 Å². The summed E-state index contributed by atoms with van der Waals surface area (Å²) in [6.07, 6.45) is -6.31. The number of aryl methyl sites for hydroxylation is 1. The van der Waals surface area contributed by atoms with Gasteiger partial charge in [-0.2, -0.15) is 13.2 Å². The molecule has 1 heterocycles. The van der Waals surface area contributed by atoms with Crippen molar-refractivity contribution in [2.24, 2.45) is 0 Å². The summed E-state index contributed by atoms with van der Waals surface area (Å²) in [6.45, 7) is 1.23. The summed E-state index contributed by atoms with van der Waals surface area (Å²) in [5.74, 6) is -0.571. The molecule has 1 N–H and O–H groups in total. The number of nitrogens with zero attached hydrogens (tertiary/aromatic N) is 2. The molecule has 0 aliphatic carbocycles. The summed E-state index contributed by atoms with van der Waals surface area (Å²) in [6, 6.07) is 4.72. The first kappa shape index (κ1) is 17.7. The SMILES string of the molecule is COc1cccc(C(O)(Cc2onc(C)c2[N+](=O)[O-])C(F)(F)F)c1. The van der Waals surface area contributed by atoms with Gasteiger partial charge < -0.3 is 14.4 Å². The fraction of sp³-hybridized carbons (Fsp3) is 0.357. The number of hydrogen-bond donors (Lipinski definition) is 1. The van der Waals surface area contributed by atoms with E-state index in [1.807, 2.05) is 0 Å². The highest BCUT2D eigenvalue weighted by atomic mass is 19.4. The lowest BCUT2D eigenvalue weighted by atomic mass is 9.88. The van der Waals surface area contributed by atoms with Crippen molar-refractivity contribution in [1.29, 1.82) is 0 Å². The average Bonchev–Trinajstić information content (AvgIpc) is 2.86. The molecule has 10 heteroatoms. The van der Waals surface area contributed by atoms with Crippen LogP contribution in [0.4, 0.5) is 18.9 Å². The predicted octanol–water partition coefficient (Wildman–Crippen LogP) is 2.89. The maximum Gasteiger partial charge on any atom is 0.421 e. The van der Waals surface area contributed by atoms with Crippen LogP contribution in [0.1, 0.15) is 17.0 Å². The van der Waals surface area contributed by atoms with Gasteiger partial charge in [0.15, 0.2) is 11.3 Å². The highest BCUT2D eigenvalue weighted by Gasteiger charge is 2.56. The second-order valence-corrected chi connectivity index (χ2v) is 5.06. The van der Waals surface area contributed by atoms with Gasteiger partial charge in [-0.3, -0.25) is 10.1 Å². The molecule has 1 unspecified atom stereocenters. The lowest BCUT2D eigenvalue weighted by Gasteiger charge is -2.30.